The van der Waals surface area contributed by atoms with Crippen molar-refractivity contribution in [3.05, 3.63) is 35.4 Å². The first-order valence-corrected chi connectivity index (χ1v) is 5.77. The first-order chi connectivity index (χ1) is 8.08. The molecule has 1 saturated carbocycles. The number of nitrogens with zero attached hydrogens (tertiary/aromatic N) is 1. The third-order valence-corrected chi connectivity index (χ3v) is 3.25. The molecule has 0 unspecified atom stereocenters. The Morgan fingerprint density at radius 3 is 2.65 bits per heavy atom. The number of carbonyl (C=O) groups excluding carboxylic acids is 1. The minimum atomic E-state index is -0.599. The highest BCUT2D eigenvalue weighted by molar-refractivity contribution is 5.79. The summed E-state index contributed by atoms with van der Waals surface area (Å²) >= 11 is 0. The molecule has 0 aliphatic heterocycles. The van der Waals surface area contributed by atoms with E-state index in [0.717, 1.165) is 25.3 Å². The standard InChI is InChI=1S/C13H15F2NO/c1-16(13(17)9-3-2-4-9)8-10-5-6-11(14)7-12(10)15/h5-7,9H,2-4,8H2,1H3. The summed E-state index contributed by atoms with van der Waals surface area (Å²) in [6, 6.07) is 3.44. The van der Waals surface area contributed by atoms with Gasteiger partial charge in [-0.15, -0.1) is 0 Å². The van der Waals surface area contributed by atoms with Crippen molar-refractivity contribution in [2.24, 2.45) is 5.92 Å². The molecule has 0 radical (unpaired) electrons. The van der Waals surface area contributed by atoms with E-state index >= 15 is 0 Å². The van der Waals surface area contributed by atoms with Crippen LogP contribution in [0.2, 0.25) is 0 Å². The van der Waals surface area contributed by atoms with Crippen molar-refractivity contribution in [2.45, 2.75) is 25.8 Å². The Hall–Kier alpha value is -1.45. The van der Waals surface area contributed by atoms with E-state index in [4.69, 9.17) is 0 Å². The van der Waals surface area contributed by atoms with Crippen LogP contribution < -0.4 is 0 Å². The van der Waals surface area contributed by atoms with Gasteiger partial charge in [0.25, 0.3) is 0 Å². The van der Waals surface area contributed by atoms with Gasteiger partial charge in [-0.05, 0) is 18.9 Å². The molecular formula is C13H15F2NO. The summed E-state index contributed by atoms with van der Waals surface area (Å²) in [6.07, 6.45) is 2.94. The molecule has 2 rings (SSSR count). The Labute approximate surface area is 99.2 Å². The van der Waals surface area contributed by atoms with Gasteiger partial charge in [0.15, 0.2) is 0 Å². The molecular weight excluding hydrogens is 224 g/mol. The van der Waals surface area contributed by atoms with Crippen LogP contribution in [0.3, 0.4) is 0 Å². The maximum Gasteiger partial charge on any atom is 0.225 e. The van der Waals surface area contributed by atoms with Gasteiger partial charge in [0.1, 0.15) is 11.6 Å². The number of benzene rings is 1. The SMILES string of the molecule is CN(Cc1ccc(F)cc1F)C(=O)C1CCC1. The molecule has 17 heavy (non-hydrogen) atoms. The minimum absolute atomic E-state index is 0.0555. The number of halogens is 2. The van der Waals surface area contributed by atoms with Gasteiger partial charge < -0.3 is 4.90 Å². The minimum Gasteiger partial charge on any atom is -0.341 e. The van der Waals surface area contributed by atoms with Crippen molar-refractivity contribution in [3.8, 4) is 0 Å². The van der Waals surface area contributed by atoms with E-state index in [-0.39, 0.29) is 18.4 Å². The Balaban J connectivity index is 2.01. The van der Waals surface area contributed by atoms with Gasteiger partial charge in [0, 0.05) is 31.1 Å². The molecule has 0 N–H and O–H groups in total. The smallest absolute Gasteiger partial charge is 0.225 e. The second-order valence-corrected chi connectivity index (χ2v) is 4.56. The molecule has 1 aromatic rings. The van der Waals surface area contributed by atoms with Crippen LogP contribution in [0.1, 0.15) is 24.8 Å². The van der Waals surface area contributed by atoms with E-state index in [1.807, 2.05) is 0 Å². The maximum absolute atomic E-state index is 13.4. The quantitative estimate of drug-likeness (QED) is 0.794. The van der Waals surface area contributed by atoms with E-state index in [9.17, 15) is 13.6 Å². The van der Waals surface area contributed by atoms with Crippen molar-refractivity contribution >= 4 is 5.91 Å². The van der Waals surface area contributed by atoms with Crippen molar-refractivity contribution in [1.82, 2.24) is 4.90 Å². The molecule has 0 spiro atoms. The summed E-state index contributed by atoms with van der Waals surface area (Å²) in [4.78, 5) is 13.4. The van der Waals surface area contributed by atoms with Crippen LogP contribution in [-0.2, 0) is 11.3 Å². The van der Waals surface area contributed by atoms with Crippen LogP contribution in [0.25, 0.3) is 0 Å². The second-order valence-electron chi connectivity index (χ2n) is 4.56. The van der Waals surface area contributed by atoms with Crippen LogP contribution >= 0.6 is 0 Å². The molecule has 92 valence electrons. The Morgan fingerprint density at radius 1 is 1.41 bits per heavy atom. The molecule has 2 nitrogen and oxygen atoms in total. The summed E-state index contributed by atoms with van der Waals surface area (Å²) in [6.45, 7) is 0.196. The zero-order valence-electron chi connectivity index (χ0n) is 9.75. The van der Waals surface area contributed by atoms with Crippen molar-refractivity contribution in [2.75, 3.05) is 7.05 Å². The van der Waals surface area contributed by atoms with Crippen LogP contribution in [0.5, 0.6) is 0 Å². The summed E-state index contributed by atoms with van der Waals surface area (Å²) in [5.41, 5.74) is 0.349. The molecule has 1 fully saturated rings. The number of amides is 1. The molecule has 0 bridgehead atoms. The Morgan fingerprint density at radius 2 is 2.12 bits per heavy atom. The lowest BCUT2D eigenvalue weighted by Gasteiger charge is -2.29. The lowest BCUT2D eigenvalue weighted by Crippen LogP contribution is -2.35. The van der Waals surface area contributed by atoms with Crippen LogP contribution in [0.15, 0.2) is 18.2 Å². The lowest BCUT2D eigenvalue weighted by atomic mass is 9.84. The Bertz CT molecular complexity index is 429. The second kappa shape index (κ2) is 4.82. The van der Waals surface area contributed by atoms with Gasteiger partial charge in [-0.2, -0.15) is 0 Å². The summed E-state index contributed by atoms with van der Waals surface area (Å²) in [7, 11) is 1.66. The molecule has 1 aliphatic carbocycles. The molecule has 4 heteroatoms. The molecule has 1 aliphatic rings. The average molecular weight is 239 g/mol. The first kappa shape index (κ1) is 12.0. The number of rotatable bonds is 3. The molecule has 0 saturated heterocycles. The van der Waals surface area contributed by atoms with Crippen molar-refractivity contribution < 1.29 is 13.6 Å². The molecule has 0 heterocycles. The largest absolute Gasteiger partial charge is 0.341 e. The predicted molar refractivity (Wildman–Crippen MR) is 60.2 cm³/mol. The lowest BCUT2D eigenvalue weighted by molar-refractivity contribution is -0.137. The molecule has 0 atom stereocenters. The highest BCUT2D eigenvalue weighted by atomic mass is 19.1. The first-order valence-electron chi connectivity index (χ1n) is 5.77. The van der Waals surface area contributed by atoms with E-state index in [1.54, 1.807) is 7.05 Å². The van der Waals surface area contributed by atoms with Gasteiger partial charge in [-0.25, -0.2) is 8.78 Å². The summed E-state index contributed by atoms with van der Waals surface area (Å²) in [5, 5.41) is 0. The number of carbonyl (C=O) groups is 1. The van der Waals surface area contributed by atoms with E-state index in [1.165, 1.54) is 17.0 Å². The van der Waals surface area contributed by atoms with Crippen LogP contribution in [0.4, 0.5) is 8.78 Å². The number of hydrogen-bond donors (Lipinski definition) is 0. The fraction of sp³-hybridized carbons (Fsp3) is 0.462. The van der Waals surface area contributed by atoms with E-state index in [2.05, 4.69) is 0 Å². The topological polar surface area (TPSA) is 20.3 Å². The highest BCUT2D eigenvalue weighted by Crippen LogP contribution is 2.28. The van der Waals surface area contributed by atoms with Gasteiger partial charge in [-0.3, -0.25) is 4.79 Å². The van der Waals surface area contributed by atoms with E-state index < -0.39 is 11.6 Å². The van der Waals surface area contributed by atoms with E-state index in [0.29, 0.717) is 5.56 Å². The average Bonchev–Trinajstić information content (AvgIpc) is 2.19. The van der Waals surface area contributed by atoms with Gasteiger partial charge in [0.05, 0.1) is 0 Å². The Kier molecular flexibility index (Phi) is 3.41. The number of hydrogen-bond acceptors (Lipinski definition) is 1. The third-order valence-electron chi connectivity index (χ3n) is 3.25. The fourth-order valence-corrected chi connectivity index (χ4v) is 1.95. The molecule has 0 aromatic heterocycles. The monoisotopic (exact) mass is 239 g/mol. The third kappa shape index (κ3) is 2.62. The summed E-state index contributed by atoms with van der Waals surface area (Å²) < 4.78 is 26.1. The van der Waals surface area contributed by atoms with Crippen LogP contribution in [0, 0.1) is 17.6 Å². The van der Waals surface area contributed by atoms with Crippen molar-refractivity contribution in [3.63, 3.8) is 0 Å². The zero-order valence-corrected chi connectivity index (χ0v) is 9.75. The summed E-state index contributed by atoms with van der Waals surface area (Å²) in [5.74, 6) is -1.04. The molecule has 1 aromatic carbocycles. The van der Waals surface area contributed by atoms with Gasteiger partial charge >= 0.3 is 0 Å². The predicted octanol–water partition coefficient (Wildman–Crippen LogP) is 2.72. The zero-order chi connectivity index (χ0) is 12.4. The van der Waals surface area contributed by atoms with Gasteiger partial charge in [0.2, 0.25) is 5.91 Å². The fourth-order valence-electron chi connectivity index (χ4n) is 1.95. The normalized spacial score (nSPS) is 15.5. The van der Waals surface area contributed by atoms with Crippen LogP contribution in [-0.4, -0.2) is 17.9 Å². The maximum atomic E-state index is 13.4. The van der Waals surface area contributed by atoms with Gasteiger partial charge in [-0.1, -0.05) is 12.5 Å². The van der Waals surface area contributed by atoms with Crippen molar-refractivity contribution in [1.29, 1.82) is 0 Å². The highest BCUT2D eigenvalue weighted by Gasteiger charge is 2.27. The molecule has 1 amide bonds.